The van der Waals surface area contributed by atoms with Crippen molar-refractivity contribution in [1.29, 1.82) is 0 Å². The Hall–Kier alpha value is -1.25. The van der Waals surface area contributed by atoms with Crippen molar-refractivity contribution in [2.45, 2.75) is 50.4 Å². The van der Waals surface area contributed by atoms with Crippen LogP contribution in [0.25, 0.3) is 0 Å². The van der Waals surface area contributed by atoms with Crippen LogP contribution < -0.4 is 0 Å². The summed E-state index contributed by atoms with van der Waals surface area (Å²) in [6, 6.07) is 2.16. The van der Waals surface area contributed by atoms with E-state index in [9.17, 15) is 4.79 Å². The van der Waals surface area contributed by atoms with Crippen LogP contribution in [0.4, 0.5) is 0 Å². The van der Waals surface area contributed by atoms with Crippen molar-refractivity contribution in [1.82, 2.24) is 4.98 Å². The van der Waals surface area contributed by atoms with E-state index >= 15 is 0 Å². The van der Waals surface area contributed by atoms with Crippen LogP contribution in [0.2, 0.25) is 0 Å². The molecule has 1 aromatic rings. The Morgan fingerprint density at radius 1 is 1.21 bits per heavy atom. The van der Waals surface area contributed by atoms with Crippen LogP contribution in [0.5, 0.6) is 0 Å². The van der Waals surface area contributed by atoms with Gasteiger partial charge in [-0.3, -0.25) is 4.79 Å². The number of aromatic nitrogens is 1. The Bertz CT molecular complexity index is 481. The molecule has 0 unspecified atom stereocenters. The van der Waals surface area contributed by atoms with Crippen molar-refractivity contribution >= 4 is 5.97 Å². The molecule has 1 aromatic heterocycles. The van der Waals surface area contributed by atoms with Crippen LogP contribution in [0.1, 0.15) is 49.8 Å². The van der Waals surface area contributed by atoms with Crippen LogP contribution in [-0.4, -0.2) is 16.1 Å². The minimum absolute atomic E-state index is 0.143. The van der Waals surface area contributed by atoms with Gasteiger partial charge >= 0.3 is 5.97 Å². The lowest BCUT2D eigenvalue weighted by molar-refractivity contribution is -0.136. The largest absolute Gasteiger partial charge is 0.481 e. The molecule has 0 atom stereocenters. The van der Waals surface area contributed by atoms with Crippen molar-refractivity contribution in [3.63, 3.8) is 0 Å². The summed E-state index contributed by atoms with van der Waals surface area (Å²) in [5.41, 5.74) is 2.59. The molecular weight excluding hydrogens is 238 g/mol. The molecule has 3 heteroatoms. The van der Waals surface area contributed by atoms with Crippen LogP contribution in [0.3, 0.4) is 0 Å². The summed E-state index contributed by atoms with van der Waals surface area (Å²) >= 11 is 0. The van der Waals surface area contributed by atoms with E-state index in [1.54, 1.807) is 0 Å². The first-order valence-corrected chi connectivity index (χ1v) is 7.53. The summed E-state index contributed by atoms with van der Waals surface area (Å²) < 4.78 is 0. The molecular formula is C16H21NO2. The zero-order chi connectivity index (χ0) is 13.0. The molecule has 2 N–H and O–H groups in total. The fraction of sp³-hybridized carbons (Fsp3) is 0.688. The van der Waals surface area contributed by atoms with E-state index in [0.717, 1.165) is 23.4 Å². The average Bonchev–Trinajstić information content (AvgIpc) is 2.74. The van der Waals surface area contributed by atoms with Gasteiger partial charge in [-0.1, -0.05) is 0 Å². The molecule has 1 heterocycles. The summed E-state index contributed by atoms with van der Waals surface area (Å²) in [6.45, 7) is 0. The van der Waals surface area contributed by atoms with E-state index in [1.807, 2.05) is 6.20 Å². The van der Waals surface area contributed by atoms with Crippen LogP contribution >= 0.6 is 0 Å². The van der Waals surface area contributed by atoms with Gasteiger partial charge < -0.3 is 10.1 Å². The van der Waals surface area contributed by atoms with Crippen molar-refractivity contribution < 1.29 is 9.90 Å². The van der Waals surface area contributed by atoms with E-state index < -0.39 is 5.97 Å². The van der Waals surface area contributed by atoms with Gasteiger partial charge in [0.2, 0.25) is 0 Å². The molecule has 0 aromatic carbocycles. The molecule has 0 radical (unpaired) electrons. The first-order valence-electron chi connectivity index (χ1n) is 7.53. The summed E-state index contributed by atoms with van der Waals surface area (Å²) in [4.78, 5) is 14.2. The SMILES string of the molecule is O=C(O)Cc1[nH]ccc1C12CC3CC(CC(C3)C1)C2. The van der Waals surface area contributed by atoms with Crippen molar-refractivity contribution in [2.75, 3.05) is 0 Å². The van der Waals surface area contributed by atoms with Gasteiger partial charge in [0.25, 0.3) is 0 Å². The maximum absolute atomic E-state index is 11.0. The van der Waals surface area contributed by atoms with Crippen molar-refractivity contribution in [3.05, 3.63) is 23.5 Å². The quantitative estimate of drug-likeness (QED) is 0.876. The number of nitrogens with one attached hydrogen (secondary N) is 1. The molecule has 0 amide bonds. The first-order chi connectivity index (χ1) is 9.14. The highest BCUT2D eigenvalue weighted by molar-refractivity contribution is 5.70. The van der Waals surface area contributed by atoms with Crippen molar-refractivity contribution in [3.8, 4) is 0 Å². The molecule has 102 valence electrons. The highest BCUT2D eigenvalue weighted by Crippen LogP contribution is 2.61. The number of H-pyrrole nitrogens is 1. The lowest BCUT2D eigenvalue weighted by atomic mass is 9.48. The van der Waals surface area contributed by atoms with Gasteiger partial charge in [-0.15, -0.1) is 0 Å². The van der Waals surface area contributed by atoms with Gasteiger partial charge in [0.1, 0.15) is 0 Å². The monoisotopic (exact) mass is 259 g/mol. The first kappa shape index (κ1) is 11.6. The summed E-state index contributed by atoms with van der Waals surface area (Å²) in [6.07, 6.45) is 10.3. The highest BCUT2D eigenvalue weighted by atomic mass is 16.4. The second kappa shape index (κ2) is 3.87. The van der Waals surface area contributed by atoms with Crippen LogP contribution in [0, 0.1) is 17.8 Å². The average molecular weight is 259 g/mol. The Labute approximate surface area is 113 Å². The molecule has 3 nitrogen and oxygen atoms in total. The Kier molecular flexibility index (Phi) is 2.36. The summed E-state index contributed by atoms with van der Waals surface area (Å²) in [7, 11) is 0. The molecule has 0 aliphatic heterocycles. The zero-order valence-corrected chi connectivity index (χ0v) is 11.2. The second-order valence-electron chi connectivity index (χ2n) is 7.14. The number of hydrogen-bond donors (Lipinski definition) is 2. The van der Waals surface area contributed by atoms with E-state index in [0.29, 0.717) is 5.41 Å². The fourth-order valence-corrected chi connectivity index (χ4v) is 5.64. The Morgan fingerprint density at radius 3 is 2.32 bits per heavy atom. The summed E-state index contributed by atoms with van der Waals surface area (Å²) in [5, 5.41) is 9.07. The Balaban J connectivity index is 1.72. The number of rotatable bonds is 3. The van der Waals surface area contributed by atoms with Gasteiger partial charge in [0.05, 0.1) is 6.42 Å². The molecule has 4 bridgehead atoms. The van der Waals surface area contributed by atoms with Gasteiger partial charge in [-0.2, -0.15) is 0 Å². The van der Waals surface area contributed by atoms with Crippen molar-refractivity contribution in [2.24, 2.45) is 17.8 Å². The van der Waals surface area contributed by atoms with E-state index in [4.69, 9.17) is 5.11 Å². The third kappa shape index (κ3) is 1.74. The molecule has 4 saturated carbocycles. The van der Waals surface area contributed by atoms with E-state index in [2.05, 4.69) is 11.1 Å². The maximum atomic E-state index is 11.0. The number of carboxylic acid groups (broad SMARTS) is 1. The van der Waals surface area contributed by atoms with Gasteiger partial charge in [-0.05, 0) is 73.3 Å². The predicted molar refractivity (Wildman–Crippen MR) is 72.0 cm³/mol. The molecule has 4 aliphatic rings. The minimum atomic E-state index is -0.728. The third-order valence-corrected chi connectivity index (χ3v) is 5.77. The van der Waals surface area contributed by atoms with Crippen LogP contribution in [0.15, 0.2) is 12.3 Å². The summed E-state index contributed by atoms with van der Waals surface area (Å²) in [5.74, 6) is 1.98. The maximum Gasteiger partial charge on any atom is 0.309 e. The zero-order valence-electron chi connectivity index (χ0n) is 11.2. The lowest BCUT2D eigenvalue weighted by Crippen LogP contribution is -2.48. The number of aromatic amines is 1. The smallest absolute Gasteiger partial charge is 0.309 e. The highest BCUT2D eigenvalue weighted by Gasteiger charge is 2.52. The molecule has 5 rings (SSSR count). The topological polar surface area (TPSA) is 53.1 Å². The molecule has 4 aliphatic carbocycles. The number of hydrogen-bond acceptors (Lipinski definition) is 1. The third-order valence-electron chi connectivity index (χ3n) is 5.77. The van der Waals surface area contributed by atoms with Gasteiger partial charge in [0.15, 0.2) is 0 Å². The molecule has 0 saturated heterocycles. The molecule has 0 spiro atoms. The van der Waals surface area contributed by atoms with Gasteiger partial charge in [0, 0.05) is 11.9 Å². The second-order valence-corrected chi connectivity index (χ2v) is 7.14. The fourth-order valence-electron chi connectivity index (χ4n) is 5.64. The molecule has 4 fully saturated rings. The number of carbonyl (C=O) groups is 1. The molecule has 19 heavy (non-hydrogen) atoms. The lowest BCUT2D eigenvalue weighted by Gasteiger charge is -2.57. The number of aliphatic carboxylic acids is 1. The number of carboxylic acids is 1. The van der Waals surface area contributed by atoms with Crippen LogP contribution in [-0.2, 0) is 16.6 Å². The van der Waals surface area contributed by atoms with E-state index in [-0.39, 0.29) is 6.42 Å². The van der Waals surface area contributed by atoms with E-state index in [1.165, 1.54) is 44.1 Å². The Morgan fingerprint density at radius 2 is 1.79 bits per heavy atom. The minimum Gasteiger partial charge on any atom is -0.481 e. The predicted octanol–water partition coefficient (Wildman–Crippen LogP) is 3.11. The standard InChI is InChI=1S/C16H21NO2/c18-15(19)6-14-13(1-2-17-14)16-7-10-3-11(8-16)5-12(4-10)9-16/h1-2,10-12,17H,3-9H2,(H,18,19). The normalized spacial score (nSPS) is 39.7. The van der Waals surface area contributed by atoms with Gasteiger partial charge in [-0.25, -0.2) is 0 Å².